The molecule has 1 aliphatic heterocycles. The van der Waals surface area contributed by atoms with E-state index in [9.17, 15) is 8.42 Å². The van der Waals surface area contributed by atoms with Gasteiger partial charge in [0.15, 0.2) is 9.84 Å². The van der Waals surface area contributed by atoms with Gasteiger partial charge in [0, 0.05) is 30.6 Å². The zero-order chi connectivity index (χ0) is 15.3. The fourth-order valence-corrected chi connectivity index (χ4v) is 3.93. The van der Waals surface area contributed by atoms with Crippen LogP contribution < -0.4 is 10.2 Å². The molecule has 1 heterocycles. The Labute approximate surface area is 128 Å². The van der Waals surface area contributed by atoms with Crippen LogP contribution in [0.25, 0.3) is 0 Å². The van der Waals surface area contributed by atoms with E-state index in [4.69, 9.17) is 0 Å². The van der Waals surface area contributed by atoms with Gasteiger partial charge in [-0.15, -0.1) is 0 Å². The van der Waals surface area contributed by atoms with Crippen LogP contribution in [0.3, 0.4) is 0 Å². The first-order valence-corrected chi connectivity index (χ1v) is 9.60. The first kappa shape index (κ1) is 16.3. The highest BCUT2D eigenvalue weighted by molar-refractivity contribution is 7.91. The third kappa shape index (κ3) is 4.71. The Bertz CT molecular complexity index is 557. The third-order valence-electron chi connectivity index (χ3n) is 4.02. The predicted octanol–water partition coefficient (Wildman–Crippen LogP) is 1.85. The summed E-state index contributed by atoms with van der Waals surface area (Å²) in [6.07, 6.45) is 2.17. The smallest absolute Gasteiger partial charge is 0.151 e. The van der Waals surface area contributed by atoms with Crippen molar-refractivity contribution in [3.8, 4) is 0 Å². The van der Waals surface area contributed by atoms with E-state index in [1.807, 2.05) is 6.92 Å². The second-order valence-electron chi connectivity index (χ2n) is 5.77. The number of para-hydroxylation sites is 1. The van der Waals surface area contributed by atoms with E-state index in [1.165, 1.54) is 11.3 Å². The highest BCUT2D eigenvalue weighted by atomic mass is 32.2. The topological polar surface area (TPSA) is 49.4 Å². The molecular weight excluding hydrogens is 284 g/mol. The molecule has 0 aliphatic carbocycles. The Morgan fingerprint density at radius 2 is 2.10 bits per heavy atom. The number of nitrogens with one attached hydrogen (secondary N) is 1. The summed E-state index contributed by atoms with van der Waals surface area (Å²) in [5.74, 6) is 0.458. The van der Waals surface area contributed by atoms with Crippen LogP contribution >= 0.6 is 0 Å². The van der Waals surface area contributed by atoms with Crippen LogP contribution in [0.4, 0.5) is 5.69 Å². The first-order chi connectivity index (χ1) is 10.0. The number of hydrogen-bond acceptors (Lipinski definition) is 4. The zero-order valence-corrected chi connectivity index (χ0v) is 13.8. The van der Waals surface area contributed by atoms with Crippen LogP contribution in [0.2, 0.25) is 0 Å². The van der Waals surface area contributed by atoms with Crippen molar-refractivity contribution in [3.05, 3.63) is 29.8 Å². The lowest BCUT2D eigenvalue weighted by Gasteiger charge is -2.20. The molecule has 1 aromatic rings. The Hall–Kier alpha value is -1.07. The van der Waals surface area contributed by atoms with Crippen molar-refractivity contribution in [1.82, 2.24) is 5.32 Å². The summed E-state index contributed by atoms with van der Waals surface area (Å²) in [4.78, 5) is 2.42. The number of rotatable bonds is 8. The summed E-state index contributed by atoms with van der Waals surface area (Å²) in [6, 6.07) is 8.60. The number of benzene rings is 1. The number of nitrogens with zero attached hydrogens (tertiary/aromatic N) is 1. The SMILES string of the molecule is CCS(=O)(=O)CC(C)NCCCN1CCc2ccccc21. The fraction of sp³-hybridized carbons (Fsp3) is 0.625. The molecule has 1 atom stereocenters. The molecule has 0 saturated heterocycles. The average molecular weight is 310 g/mol. The summed E-state index contributed by atoms with van der Waals surface area (Å²) in [6.45, 7) is 6.63. The molecule has 1 aliphatic rings. The minimum atomic E-state index is -2.88. The van der Waals surface area contributed by atoms with E-state index in [0.29, 0.717) is 0 Å². The molecule has 2 rings (SSSR count). The van der Waals surface area contributed by atoms with Gasteiger partial charge in [-0.25, -0.2) is 8.42 Å². The van der Waals surface area contributed by atoms with Gasteiger partial charge in [-0.05, 0) is 37.9 Å². The predicted molar refractivity (Wildman–Crippen MR) is 88.8 cm³/mol. The Balaban J connectivity index is 1.69. The largest absolute Gasteiger partial charge is 0.371 e. The van der Waals surface area contributed by atoms with Crippen LogP contribution in [-0.2, 0) is 16.3 Å². The number of anilines is 1. The van der Waals surface area contributed by atoms with Crippen molar-refractivity contribution in [1.29, 1.82) is 0 Å². The van der Waals surface area contributed by atoms with Gasteiger partial charge >= 0.3 is 0 Å². The lowest BCUT2D eigenvalue weighted by atomic mass is 10.2. The van der Waals surface area contributed by atoms with Gasteiger partial charge < -0.3 is 10.2 Å². The van der Waals surface area contributed by atoms with Crippen molar-refractivity contribution in [2.75, 3.05) is 36.0 Å². The van der Waals surface area contributed by atoms with Crippen molar-refractivity contribution < 1.29 is 8.42 Å². The lowest BCUT2D eigenvalue weighted by Crippen LogP contribution is -2.35. The highest BCUT2D eigenvalue weighted by Crippen LogP contribution is 2.27. The molecule has 1 aromatic carbocycles. The van der Waals surface area contributed by atoms with Gasteiger partial charge in [0.2, 0.25) is 0 Å². The minimum Gasteiger partial charge on any atom is -0.371 e. The maximum Gasteiger partial charge on any atom is 0.151 e. The van der Waals surface area contributed by atoms with Crippen molar-refractivity contribution in [2.45, 2.75) is 32.7 Å². The summed E-state index contributed by atoms with van der Waals surface area (Å²) >= 11 is 0. The molecule has 0 bridgehead atoms. The normalized spacial score (nSPS) is 16.0. The molecule has 21 heavy (non-hydrogen) atoms. The van der Waals surface area contributed by atoms with Gasteiger partial charge in [0.05, 0.1) is 5.75 Å². The summed E-state index contributed by atoms with van der Waals surface area (Å²) in [5, 5.41) is 3.32. The highest BCUT2D eigenvalue weighted by Gasteiger charge is 2.17. The van der Waals surface area contributed by atoms with Gasteiger partial charge in [0.1, 0.15) is 0 Å². The molecule has 5 heteroatoms. The van der Waals surface area contributed by atoms with Crippen LogP contribution in [0, 0.1) is 0 Å². The average Bonchev–Trinajstić information content (AvgIpc) is 2.86. The lowest BCUT2D eigenvalue weighted by molar-refractivity contribution is 0.548. The van der Waals surface area contributed by atoms with Crippen molar-refractivity contribution >= 4 is 15.5 Å². The van der Waals surface area contributed by atoms with Crippen LogP contribution in [0.15, 0.2) is 24.3 Å². The van der Waals surface area contributed by atoms with Gasteiger partial charge in [-0.2, -0.15) is 0 Å². The molecular formula is C16H26N2O2S. The molecule has 0 spiro atoms. The van der Waals surface area contributed by atoms with Crippen LogP contribution in [0.1, 0.15) is 25.8 Å². The quantitative estimate of drug-likeness (QED) is 0.745. The molecule has 118 valence electrons. The summed E-state index contributed by atoms with van der Waals surface area (Å²) in [5.41, 5.74) is 2.80. The van der Waals surface area contributed by atoms with Gasteiger partial charge in [-0.1, -0.05) is 25.1 Å². The Morgan fingerprint density at radius 3 is 2.86 bits per heavy atom. The Kier molecular flexibility index (Phi) is 5.65. The molecule has 0 aromatic heterocycles. The van der Waals surface area contributed by atoms with E-state index in [0.717, 1.165) is 32.5 Å². The number of fused-ring (bicyclic) bond motifs is 1. The summed E-state index contributed by atoms with van der Waals surface area (Å²) in [7, 11) is -2.88. The number of sulfone groups is 1. The third-order valence-corrected chi connectivity index (χ3v) is 5.91. The van der Waals surface area contributed by atoms with E-state index in [2.05, 4.69) is 34.5 Å². The van der Waals surface area contributed by atoms with Crippen LogP contribution in [-0.4, -0.2) is 45.6 Å². The summed E-state index contributed by atoms with van der Waals surface area (Å²) < 4.78 is 23.1. The van der Waals surface area contributed by atoms with E-state index >= 15 is 0 Å². The molecule has 0 fully saturated rings. The number of hydrogen-bond donors (Lipinski definition) is 1. The van der Waals surface area contributed by atoms with Gasteiger partial charge in [-0.3, -0.25) is 0 Å². The minimum absolute atomic E-state index is 0.0285. The zero-order valence-electron chi connectivity index (χ0n) is 13.0. The van der Waals surface area contributed by atoms with Crippen LogP contribution in [0.5, 0.6) is 0 Å². The first-order valence-electron chi connectivity index (χ1n) is 7.78. The molecule has 4 nitrogen and oxygen atoms in total. The second kappa shape index (κ2) is 7.27. The monoisotopic (exact) mass is 310 g/mol. The van der Waals surface area contributed by atoms with E-state index < -0.39 is 9.84 Å². The molecule has 1 N–H and O–H groups in total. The van der Waals surface area contributed by atoms with Crippen molar-refractivity contribution in [3.63, 3.8) is 0 Å². The standard InChI is InChI=1S/C16H26N2O2S/c1-3-21(19,20)13-14(2)17-10-6-11-18-12-9-15-7-4-5-8-16(15)18/h4-5,7-8,14,17H,3,6,9-13H2,1-2H3. The molecule has 0 amide bonds. The molecule has 0 radical (unpaired) electrons. The van der Waals surface area contributed by atoms with Crippen molar-refractivity contribution in [2.24, 2.45) is 0 Å². The van der Waals surface area contributed by atoms with Gasteiger partial charge in [0.25, 0.3) is 0 Å². The maximum absolute atomic E-state index is 11.5. The van der Waals surface area contributed by atoms with E-state index in [1.54, 1.807) is 6.92 Å². The van der Waals surface area contributed by atoms with E-state index in [-0.39, 0.29) is 17.5 Å². The molecule has 1 unspecified atom stereocenters. The molecule has 0 saturated carbocycles. The Morgan fingerprint density at radius 1 is 1.33 bits per heavy atom. The fourth-order valence-electron chi connectivity index (χ4n) is 2.81. The maximum atomic E-state index is 11.5. The second-order valence-corrected chi connectivity index (χ2v) is 8.17.